The van der Waals surface area contributed by atoms with Gasteiger partial charge in [0.2, 0.25) is 15.9 Å². The number of aliphatic hydroxyl groups excluding tert-OH is 1. The van der Waals surface area contributed by atoms with Crippen LogP contribution >= 0.6 is 0 Å². The van der Waals surface area contributed by atoms with Crippen molar-refractivity contribution in [2.75, 3.05) is 33.0 Å². The van der Waals surface area contributed by atoms with Crippen LogP contribution in [-0.4, -0.2) is 78.8 Å². The van der Waals surface area contributed by atoms with Crippen LogP contribution in [0.1, 0.15) is 49.0 Å². The fourth-order valence-corrected chi connectivity index (χ4v) is 4.24. The number of aromatic nitrogens is 1. The number of allylic oxidation sites excluding steroid dienone is 2. The molecule has 3 atom stereocenters. The zero-order valence-corrected chi connectivity index (χ0v) is 18.9. The molecule has 1 aliphatic heterocycles. The second-order valence-electron chi connectivity index (χ2n) is 8.36. The Morgan fingerprint density at radius 3 is 2.77 bits per heavy atom. The van der Waals surface area contributed by atoms with E-state index in [1.165, 1.54) is 16.9 Å². The highest BCUT2D eigenvalue weighted by Gasteiger charge is 2.35. The van der Waals surface area contributed by atoms with Crippen molar-refractivity contribution in [3.63, 3.8) is 0 Å². The fraction of sp³-hybridized carbons (Fsp3) is 0.619. The van der Waals surface area contributed by atoms with Gasteiger partial charge in [0.05, 0.1) is 25.4 Å². The first-order valence-corrected chi connectivity index (χ1v) is 12.2. The molecule has 0 radical (unpaired) electrons. The second kappa shape index (κ2) is 9.03. The van der Waals surface area contributed by atoms with Gasteiger partial charge < -0.3 is 14.7 Å². The summed E-state index contributed by atoms with van der Waals surface area (Å²) in [4.78, 5) is 19.4. The van der Waals surface area contributed by atoms with E-state index in [0.29, 0.717) is 12.1 Å². The number of likely N-dealkylation sites (N-methyl/N-ethyl adjacent to an activating group) is 1. The molecule has 1 amide bonds. The Morgan fingerprint density at radius 1 is 1.43 bits per heavy atom. The van der Waals surface area contributed by atoms with Gasteiger partial charge in [-0.1, -0.05) is 13.0 Å². The molecule has 0 saturated heterocycles. The standard InChI is InChI=1S/C21H31N3O5S/c1-14-11-24(15(2)13-25)21(26)18-9-17(16-7-5-6-8-16)10-22-20(18)29-19(14)12-23(3)30(4,27)28/h7,9-10,14-15,19,25H,5-6,8,11-13H2,1-4H3/t14-,15+,19-/m0/s1. The quantitative estimate of drug-likeness (QED) is 0.728. The molecule has 0 bridgehead atoms. The molecule has 30 heavy (non-hydrogen) atoms. The van der Waals surface area contributed by atoms with E-state index in [0.717, 1.165) is 31.1 Å². The summed E-state index contributed by atoms with van der Waals surface area (Å²) in [6.07, 6.45) is 7.59. The highest BCUT2D eigenvalue weighted by atomic mass is 32.2. The first kappa shape index (κ1) is 22.7. The molecule has 9 heteroatoms. The van der Waals surface area contributed by atoms with Crippen LogP contribution in [0.2, 0.25) is 0 Å². The first-order valence-electron chi connectivity index (χ1n) is 10.3. The molecule has 0 aromatic carbocycles. The number of hydrogen-bond acceptors (Lipinski definition) is 6. The molecular formula is C21H31N3O5S. The second-order valence-corrected chi connectivity index (χ2v) is 10.5. The number of amides is 1. The lowest BCUT2D eigenvalue weighted by Gasteiger charge is -2.37. The Morgan fingerprint density at radius 2 is 2.17 bits per heavy atom. The molecule has 1 N–H and O–H groups in total. The molecular weight excluding hydrogens is 406 g/mol. The van der Waals surface area contributed by atoms with Gasteiger partial charge in [0, 0.05) is 25.7 Å². The number of aliphatic hydroxyl groups is 1. The summed E-state index contributed by atoms with van der Waals surface area (Å²) in [6.45, 7) is 4.02. The van der Waals surface area contributed by atoms with E-state index in [2.05, 4.69) is 11.1 Å². The lowest BCUT2D eigenvalue weighted by Crippen LogP contribution is -2.50. The summed E-state index contributed by atoms with van der Waals surface area (Å²) in [6, 6.07) is 1.43. The number of carbonyl (C=O) groups is 1. The SMILES string of the molecule is C[C@H](CO)N1C[C@H](C)[C@H](CN(C)S(C)(=O)=O)Oc2ncc(C3=CCCC3)cc2C1=O. The van der Waals surface area contributed by atoms with Crippen molar-refractivity contribution in [3.8, 4) is 5.88 Å². The fourth-order valence-electron chi connectivity index (χ4n) is 3.82. The molecule has 0 spiro atoms. The number of ether oxygens (including phenoxy) is 1. The van der Waals surface area contributed by atoms with Crippen LogP contribution in [-0.2, 0) is 10.0 Å². The number of rotatable bonds is 6. The molecule has 2 heterocycles. The topological polar surface area (TPSA) is 100 Å². The number of nitrogens with zero attached hydrogens (tertiary/aromatic N) is 3. The maximum Gasteiger partial charge on any atom is 0.259 e. The normalized spacial score (nSPS) is 23.5. The highest BCUT2D eigenvalue weighted by Crippen LogP contribution is 2.32. The van der Waals surface area contributed by atoms with E-state index in [1.807, 2.05) is 13.0 Å². The minimum atomic E-state index is -3.38. The predicted octanol–water partition coefficient (Wildman–Crippen LogP) is 1.76. The molecule has 1 aliphatic carbocycles. The van der Waals surface area contributed by atoms with Gasteiger partial charge in [-0.15, -0.1) is 0 Å². The van der Waals surface area contributed by atoms with Gasteiger partial charge in [-0.2, -0.15) is 0 Å². The minimum absolute atomic E-state index is 0.142. The van der Waals surface area contributed by atoms with Crippen molar-refractivity contribution >= 4 is 21.5 Å². The maximum atomic E-state index is 13.4. The maximum absolute atomic E-state index is 13.4. The number of hydrogen-bond donors (Lipinski definition) is 1. The van der Waals surface area contributed by atoms with Gasteiger partial charge in [0.15, 0.2) is 0 Å². The summed E-state index contributed by atoms with van der Waals surface area (Å²) in [5.74, 6) is -0.198. The Bertz CT molecular complexity index is 931. The van der Waals surface area contributed by atoms with Crippen molar-refractivity contribution < 1.29 is 23.1 Å². The lowest BCUT2D eigenvalue weighted by atomic mass is 9.99. The van der Waals surface area contributed by atoms with E-state index >= 15 is 0 Å². The van der Waals surface area contributed by atoms with Gasteiger partial charge in [-0.3, -0.25) is 4.79 Å². The minimum Gasteiger partial charge on any atom is -0.472 e. The van der Waals surface area contributed by atoms with Gasteiger partial charge in [-0.25, -0.2) is 17.7 Å². The Hall–Kier alpha value is -1.97. The smallest absolute Gasteiger partial charge is 0.259 e. The summed E-state index contributed by atoms with van der Waals surface area (Å²) >= 11 is 0. The van der Waals surface area contributed by atoms with Crippen LogP contribution < -0.4 is 4.74 Å². The van der Waals surface area contributed by atoms with E-state index < -0.39 is 16.1 Å². The number of sulfonamides is 1. The molecule has 8 nitrogen and oxygen atoms in total. The molecule has 1 aromatic rings. The molecule has 0 fully saturated rings. The van der Waals surface area contributed by atoms with Crippen molar-refractivity contribution in [2.45, 2.75) is 45.3 Å². The monoisotopic (exact) mass is 437 g/mol. The third-order valence-corrected chi connectivity index (χ3v) is 7.22. The van der Waals surface area contributed by atoms with Gasteiger partial charge in [0.25, 0.3) is 5.91 Å². The van der Waals surface area contributed by atoms with Crippen LogP contribution in [0.5, 0.6) is 5.88 Å². The summed E-state index contributed by atoms with van der Waals surface area (Å²) in [5.41, 5.74) is 2.42. The van der Waals surface area contributed by atoms with Gasteiger partial charge >= 0.3 is 0 Å². The zero-order chi connectivity index (χ0) is 22.1. The lowest BCUT2D eigenvalue weighted by molar-refractivity contribution is 0.0373. The van der Waals surface area contributed by atoms with Crippen LogP contribution in [0.4, 0.5) is 0 Å². The third kappa shape index (κ3) is 4.84. The predicted molar refractivity (Wildman–Crippen MR) is 115 cm³/mol. The Balaban J connectivity index is 2.02. The van der Waals surface area contributed by atoms with E-state index in [1.54, 1.807) is 18.0 Å². The van der Waals surface area contributed by atoms with E-state index in [4.69, 9.17) is 4.74 Å². The third-order valence-electron chi connectivity index (χ3n) is 5.94. The average Bonchev–Trinajstić information content (AvgIpc) is 3.23. The highest BCUT2D eigenvalue weighted by molar-refractivity contribution is 7.88. The molecule has 0 unspecified atom stereocenters. The van der Waals surface area contributed by atoms with E-state index in [9.17, 15) is 18.3 Å². The number of fused-ring (bicyclic) bond motifs is 1. The molecule has 1 aromatic heterocycles. The summed E-state index contributed by atoms with van der Waals surface area (Å²) < 4.78 is 31.2. The Kier molecular flexibility index (Phi) is 6.84. The van der Waals surface area contributed by atoms with Crippen LogP contribution in [0.15, 0.2) is 18.3 Å². The molecule has 3 rings (SSSR count). The first-order chi connectivity index (χ1) is 14.1. The van der Waals surface area contributed by atoms with Crippen LogP contribution in [0, 0.1) is 5.92 Å². The van der Waals surface area contributed by atoms with Crippen molar-refractivity contribution in [3.05, 3.63) is 29.5 Å². The largest absolute Gasteiger partial charge is 0.472 e. The molecule has 166 valence electrons. The number of pyridine rings is 1. The van der Waals surface area contributed by atoms with E-state index in [-0.39, 0.29) is 36.9 Å². The molecule has 2 aliphatic rings. The summed E-state index contributed by atoms with van der Waals surface area (Å²) in [5, 5.41) is 9.71. The van der Waals surface area contributed by atoms with Crippen LogP contribution in [0.25, 0.3) is 5.57 Å². The molecule has 0 saturated carbocycles. The van der Waals surface area contributed by atoms with Crippen molar-refractivity contribution in [1.82, 2.24) is 14.2 Å². The zero-order valence-electron chi connectivity index (χ0n) is 18.0. The Labute approximate surface area is 178 Å². The van der Waals surface area contributed by atoms with Crippen LogP contribution in [0.3, 0.4) is 0 Å². The van der Waals surface area contributed by atoms with Crippen molar-refractivity contribution in [1.29, 1.82) is 0 Å². The average molecular weight is 438 g/mol. The van der Waals surface area contributed by atoms with Gasteiger partial charge in [-0.05, 0) is 43.4 Å². The summed E-state index contributed by atoms with van der Waals surface area (Å²) in [7, 11) is -1.87. The number of carbonyl (C=O) groups excluding carboxylic acids is 1. The van der Waals surface area contributed by atoms with Gasteiger partial charge in [0.1, 0.15) is 11.7 Å². The van der Waals surface area contributed by atoms with Crippen molar-refractivity contribution in [2.24, 2.45) is 5.92 Å².